The second-order valence-electron chi connectivity index (χ2n) is 3.51. The van der Waals surface area contributed by atoms with E-state index in [1.54, 1.807) is 36.0 Å². The van der Waals surface area contributed by atoms with E-state index in [1.807, 2.05) is 12.1 Å². The fourth-order valence-corrected chi connectivity index (χ4v) is 1.63. The standard InChI is InChI=1S/C12H12ClN3O/c1-2-12(17)15-11-6-7-14-16(11)10-5-3-4-9(13)8-10/h3-8H,2H2,1H3,(H,15,17). The van der Waals surface area contributed by atoms with Crippen LogP contribution in [-0.2, 0) is 4.79 Å². The van der Waals surface area contributed by atoms with Gasteiger partial charge in [0.05, 0.1) is 11.9 Å². The number of hydrogen-bond donors (Lipinski definition) is 1. The van der Waals surface area contributed by atoms with Crippen molar-refractivity contribution in [2.24, 2.45) is 0 Å². The van der Waals surface area contributed by atoms with Gasteiger partial charge in [-0.2, -0.15) is 5.10 Å². The van der Waals surface area contributed by atoms with Crippen molar-refractivity contribution < 1.29 is 4.79 Å². The van der Waals surface area contributed by atoms with Crippen LogP contribution in [0.15, 0.2) is 36.5 Å². The van der Waals surface area contributed by atoms with Crippen LogP contribution in [0.5, 0.6) is 0 Å². The normalized spacial score (nSPS) is 10.2. The van der Waals surface area contributed by atoms with E-state index in [0.717, 1.165) is 5.69 Å². The molecular formula is C12H12ClN3O. The third-order valence-corrected chi connectivity index (χ3v) is 2.52. The molecule has 4 nitrogen and oxygen atoms in total. The summed E-state index contributed by atoms with van der Waals surface area (Å²) < 4.78 is 1.64. The molecule has 1 N–H and O–H groups in total. The van der Waals surface area contributed by atoms with E-state index < -0.39 is 0 Å². The maximum absolute atomic E-state index is 11.4. The molecule has 2 aromatic rings. The van der Waals surface area contributed by atoms with Crippen molar-refractivity contribution in [3.8, 4) is 5.69 Å². The number of carbonyl (C=O) groups excluding carboxylic acids is 1. The van der Waals surface area contributed by atoms with Crippen molar-refractivity contribution in [3.05, 3.63) is 41.6 Å². The first-order valence-corrected chi connectivity index (χ1v) is 5.68. The Morgan fingerprint density at radius 2 is 2.29 bits per heavy atom. The Bertz CT molecular complexity index is 536. The predicted octanol–water partition coefficient (Wildman–Crippen LogP) is 2.87. The van der Waals surface area contributed by atoms with Gasteiger partial charge in [0.1, 0.15) is 5.82 Å². The Hall–Kier alpha value is -1.81. The number of hydrogen-bond acceptors (Lipinski definition) is 2. The summed E-state index contributed by atoms with van der Waals surface area (Å²) in [4.78, 5) is 11.4. The van der Waals surface area contributed by atoms with Gasteiger partial charge in [-0.25, -0.2) is 4.68 Å². The number of amides is 1. The molecule has 0 fully saturated rings. The van der Waals surface area contributed by atoms with E-state index in [9.17, 15) is 4.79 Å². The molecule has 17 heavy (non-hydrogen) atoms. The molecular weight excluding hydrogens is 238 g/mol. The summed E-state index contributed by atoms with van der Waals surface area (Å²) in [6.07, 6.45) is 2.06. The van der Waals surface area contributed by atoms with E-state index in [4.69, 9.17) is 11.6 Å². The second kappa shape index (κ2) is 5.01. The predicted molar refractivity (Wildman–Crippen MR) is 67.5 cm³/mol. The Kier molecular flexibility index (Phi) is 3.44. The molecule has 88 valence electrons. The van der Waals surface area contributed by atoms with Crippen molar-refractivity contribution in [3.63, 3.8) is 0 Å². The first-order valence-electron chi connectivity index (χ1n) is 5.30. The van der Waals surface area contributed by atoms with E-state index in [1.165, 1.54) is 0 Å². The summed E-state index contributed by atoms with van der Waals surface area (Å²) in [7, 11) is 0. The molecule has 0 unspecified atom stereocenters. The zero-order valence-electron chi connectivity index (χ0n) is 9.35. The Morgan fingerprint density at radius 1 is 1.47 bits per heavy atom. The monoisotopic (exact) mass is 249 g/mol. The molecule has 1 aromatic heterocycles. The minimum Gasteiger partial charge on any atom is -0.311 e. The maximum atomic E-state index is 11.4. The topological polar surface area (TPSA) is 46.9 Å². The lowest BCUT2D eigenvalue weighted by Crippen LogP contribution is -2.13. The smallest absolute Gasteiger partial charge is 0.225 e. The molecule has 0 saturated heterocycles. The van der Waals surface area contributed by atoms with Gasteiger partial charge >= 0.3 is 0 Å². The van der Waals surface area contributed by atoms with Gasteiger partial charge in [-0.15, -0.1) is 0 Å². The van der Waals surface area contributed by atoms with Gasteiger partial charge in [0.15, 0.2) is 0 Å². The third kappa shape index (κ3) is 2.65. The molecule has 0 aliphatic rings. The van der Waals surface area contributed by atoms with Crippen molar-refractivity contribution in [2.75, 3.05) is 5.32 Å². The van der Waals surface area contributed by atoms with Crippen molar-refractivity contribution >= 4 is 23.3 Å². The lowest BCUT2D eigenvalue weighted by molar-refractivity contribution is -0.115. The van der Waals surface area contributed by atoms with Gasteiger partial charge in [-0.05, 0) is 18.2 Å². The van der Waals surface area contributed by atoms with Gasteiger partial charge in [0.25, 0.3) is 0 Å². The molecule has 1 amide bonds. The molecule has 0 bridgehead atoms. The summed E-state index contributed by atoms with van der Waals surface area (Å²) in [5.74, 6) is 0.591. The zero-order valence-corrected chi connectivity index (χ0v) is 10.1. The number of nitrogens with one attached hydrogen (secondary N) is 1. The highest BCUT2D eigenvalue weighted by Gasteiger charge is 2.07. The zero-order chi connectivity index (χ0) is 12.3. The average Bonchev–Trinajstić information content (AvgIpc) is 2.77. The lowest BCUT2D eigenvalue weighted by atomic mass is 10.3. The SMILES string of the molecule is CCC(=O)Nc1ccnn1-c1cccc(Cl)c1. The van der Waals surface area contributed by atoms with Crippen LogP contribution in [0.2, 0.25) is 5.02 Å². The average molecular weight is 250 g/mol. The first-order chi connectivity index (χ1) is 8.20. The van der Waals surface area contributed by atoms with Gasteiger partial charge in [-0.1, -0.05) is 24.6 Å². The quantitative estimate of drug-likeness (QED) is 0.909. The third-order valence-electron chi connectivity index (χ3n) is 2.28. The number of rotatable bonds is 3. The molecule has 0 atom stereocenters. The summed E-state index contributed by atoms with van der Waals surface area (Å²) in [6, 6.07) is 9.04. The summed E-state index contributed by atoms with van der Waals surface area (Å²) in [5.41, 5.74) is 0.814. The van der Waals surface area contributed by atoms with Crippen LogP contribution in [0.3, 0.4) is 0 Å². The number of anilines is 1. The van der Waals surface area contributed by atoms with Crippen LogP contribution in [-0.4, -0.2) is 15.7 Å². The van der Waals surface area contributed by atoms with Gasteiger partial charge < -0.3 is 5.32 Å². The summed E-state index contributed by atoms with van der Waals surface area (Å²) in [5, 5.41) is 7.57. The Labute approximate surface area is 104 Å². The van der Waals surface area contributed by atoms with Crippen LogP contribution in [0.1, 0.15) is 13.3 Å². The number of halogens is 1. The van der Waals surface area contributed by atoms with Crippen LogP contribution in [0, 0.1) is 0 Å². The molecule has 1 heterocycles. The molecule has 0 radical (unpaired) electrons. The Morgan fingerprint density at radius 3 is 3.00 bits per heavy atom. The largest absolute Gasteiger partial charge is 0.311 e. The van der Waals surface area contributed by atoms with Gasteiger partial charge in [0, 0.05) is 17.5 Å². The molecule has 0 spiro atoms. The number of carbonyl (C=O) groups is 1. The number of aromatic nitrogens is 2. The second-order valence-corrected chi connectivity index (χ2v) is 3.95. The van der Waals surface area contributed by atoms with Crippen LogP contribution in [0.25, 0.3) is 5.69 Å². The molecule has 1 aromatic carbocycles. The van der Waals surface area contributed by atoms with E-state index in [-0.39, 0.29) is 5.91 Å². The number of nitrogens with zero attached hydrogens (tertiary/aromatic N) is 2. The van der Waals surface area contributed by atoms with Crippen LogP contribution >= 0.6 is 11.6 Å². The lowest BCUT2D eigenvalue weighted by Gasteiger charge is -2.08. The van der Waals surface area contributed by atoms with Crippen LogP contribution in [0.4, 0.5) is 5.82 Å². The molecule has 5 heteroatoms. The fourth-order valence-electron chi connectivity index (χ4n) is 1.44. The highest BCUT2D eigenvalue weighted by molar-refractivity contribution is 6.30. The highest BCUT2D eigenvalue weighted by Crippen LogP contribution is 2.18. The first kappa shape index (κ1) is 11.7. The summed E-state index contributed by atoms with van der Waals surface area (Å²) >= 11 is 5.92. The van der Waals surface area contributed by atoms with Gasteiger partial charge in [0.2, 0.25) is 5.91 Å². The van der Waals surface area contributed by atoms with Crippen molar-refractivity contribution in [2.45, 2.75) is 13.3 Å². The molecule has 0 saturated carbocycles. The molecule has 0 aliphatic heterocycles. The van der Waals surface area contributed by atoms with E-state index in [0.29, 0.717) is 17.3 Å². The van der Waals surface area contributed by atoms with E-state index in [2.05, 4.69) is 10.4 Å². The fraction of sp³-hybridized carbons (Fsp3) is 0.167. The van der Waals surface area contributed by atoms with Crippen LogP contribution < -0.4 is 5.32 Å². The Balaban J connectivity index is 2.33. The minimum atomic E-state index is -0.0474. The van der Waals surface area contributed by atoms with Crippen molar-refractivity contribution in [1.82, 2.24) is 9.78 Å². The minimum absolute atomic E-state index is 0.0474. The summed E-state index contributed by atoms with van der Waals surface area (Å²) in [6.45, 7) is 1.80. The van der Waals surface area contributed by atoms with Gasteiger partial charge in [-0.3, -0.25) is 4.79 Å². The van der Waals surface area contributed by atoms with Crippen molar-refractivity contribution in [1.29, 1.82) is 0 Å². The maximum Gasteiger partial charge on any atom is 0.225 e. The highest BCUT2D eigenvalue weighted by atomic mass is 35.5. The molecule has 2 rings (SSSR count). The number of benzene rings is 1. The van der Waals surface area contributed by atoms with E-state index >= 15 is 0 Å². The molecule has 0 aliphatic carbocycles.